The maximum absolute atomic E-state index is 13.4. The molecule has 1 aromatic carbocycles. The van der Waals surface area contributed by atoms with Crippen LogP contribution in [-0.4, -0.2) is 62.0 Å². The van der Waals surface area contributed by atoms with Crippen molar-refractivity contribution in [1.82, 2.24) is 14.3 Å². The Morgan fingerprint density at radius 2 is 1.69 bits per heavy atom. The highest BCUT2D eigenvalue weighted by Crippen LogP contribution is 2.23. The third-order valence-electron chi connectivity index (χ3n) is 5.41. The van der Waals surface area contributed by atoms with Crippen LogP contribution in [0.25, 0.3) is 0 Å². The third kappa shape index (κ3) is 4.67. The fourth-order valence-electron chi connectivity index (χ4n) is 3.88. The zero-order chi connectivity index (χ0) is 20.4. The van der Waals surface area contributed by atoms with Gasteiger partial charge in [-0.25, -0.2) is 17.8 Å². The van der Waals surface area contributed by atoms with Gasteiger partial charge in [-0.1, -0.05) is 12.1 Å². The second-order valence-corrected chi connectivity index (χ2v) is 9.60. The van der Waals surface area contributed by atoms with Crippen molar-refractivity contribution in [2.75, 3.05) is 49.1 Å². The summed E-state index contributed by atoms with van der Waals surface area (Å²) in [5, 5.41) is 0. The first-order chi connectivity index (χ1) is 13.9. The van der Waals surface area contributed by atoms with Crippen molar-refractivity contribution in [2.45, 2.75) is 25.5 Å². The monoisotopic (exact) mass is 419 g/mol. The summed E-state index contributed by atoms with van der Waals surface area (Å²) in [6, 6.07) is 7.72. The summed E-state index contributed by atoms with van der Waals surface area (Å²) < 4.78 is 40.3. The predicted octanol–water partition coefficient (Wildman–Crippen LogP) is 2.18. The summed E-state index contributed by atoms with van der Waals surface area (Å²) in [7, 11) is -3.49. The smallest absolute Gasteiger partial charge is 0.227 e. The van der Waals surface area contributed by atoms with E-state index in [0.29, 0.717) is 31.7 Å². The van der Waals surface area contributed by atoms with E-state index in [2.05, 4.69) is 14.8 Å². The summed E-state index contributed by atoms with van der Waals surface area (Å²) in [6.07, 6.45) is 2.32. The quantitative estimate of drug-likeness (QED) is 0.740. The molecule has 0 radical (unpaired) electrons. The van der Waals surface area contributed by atoms with Gasteiger partial charge in [0.2, 0.25) is 16.0 Å². The Morgan fingerprint density at radius 3 is 2.38 bits per heavy atom. The fraction of sp³-hybridized carbons (Fsp3) is 0.500. The molecule has 0 atom stereocenters. The zero-order valence-electron chi connectivity index (χ0n) is 16.6. The second-order valence-electron chi connectivity index (χ2n) is 7.63. The molecule has 3 heterocycles. The topological polar surface area (TPSA) is 69.6 Å². The first-order valence-electron chi connectivity index (χ1n) is 9.98. The normalized spacial score (nSPS) is 18.4. The van der Waals surface area contributed by atoms with Gasteiger partial charge in [-0.15, -0.1) is 0 Å². The number of rotatable bonds is 5. The molecule has 7 nitrogen and oxygen atoms in total. The lowest BCUT2D eigenvalue weighted by Crippen LogP contribution is -2.49. The van der Waals surface area contributed by atoms with E-state index < -0.39 is 15.8 Å². The lowest BCUT2D eigenvalue weighted by atomic mass is 10.2. The molecule has 4 rings (SSSR count). The first-order valence-corrected chi connectivity index (χ1v) is 11.6. The molecule has 0 aliphatic carbocycles. The van der Waals surface area contributed by atoms with Crippen molar-refractivity contribution >= 4 is 21.8 Å². The van der Waals surface area contributed by atoms with E-state index in [4.69, 9.17) is 4.98 Å². The van der Waals surface area contributed by atoms with Crippen LogP contribution >= 0.6 is 0 Å². The number of aromatic nitrogens is 2. The molecular formula is C20H26FN5O2S. The van der Waals surface area contributed by atoms with Gasteiger partial charge in [-0.05, 0) is 37.5 Å². The van der Waals surface area contributed by atoms with Crippen LogP contribution in [0, 0.1) is 12.7 Å². The SMILES string of the molecule is Cc1cc(N2CCN(S(=O)(=O)Cc3cccc(F)c3)CC2)nc(N2CCCC2)n1. The Balaban J connectivity index is 1.42. The average Bonchev–Trinajstić information content (AvgIpc) is 3.22. The number of anilines is 2. The predicted molar refractivity (Wildman–Crippen MR) is 111 cm³/mol. The molecule has 9 heteroatoms. The maximum Gasteiger partial charge on any atom is 0.227 e. The molecule has 2 aliphatic heterocycles. The van der Waals surface area contributed by atoms with Crippen LogP contribution in [0.1, 0.15) is 24.1 Å². The lowest BCUT2D eigenvalue weighted by Gasteiger charge is -2.35. The highest BCUT2D eigenvalue weighted by Gasteiger charge is 2.28. The summed E-state index contributed by atoms with van der Waals surface area (Å²) in [4.78, 5) is 13.6. The molecule has 1 aromatic heterocycles. The summed E-state index contributed by atoms with van der Waals surface area (Å²) in [5.74, 6) is 1.01. The molecular weight excluding hydrogens is 393 g/mol. The van der Waals surface area contributed by atoms with Gasteiger partial charge in [0.25, 0.3) is 0 Å². The molecule has 0 N–H and O–H groups in total. The highest BCUT2D eigenvalue weighted by atomic mass is 32.2. The largest absolute Gasteiger partial charge is 0.354 e. The highest BCUT2D eigenvalue weighted by molar-refractivity contribution is 7.88. The van der Waals surface area contributed by atoms with Crippen LogP contribution < -0.4 is 9.80 Å². The zero-order valence-corrected chi connectivity index (χ0v) is 17.4. The Morgan fingerprint density at radius 1 is 0.966 bits per heavy atom. The average molecular weight is 420 g/mol. The molecule has 0 unspecified atom stereocenters. The van der Waals surface area contributed by atoms with Crippen molar-refractivity contribution in [3.63, 3.8) is 0 Å². The number of piperazine rings is 1. The van der Waals surface area contributed by atoms with Gasteiger partial charge >= 0.3 is 0 Å². The molecule has 2 aromatic rings. The van der Waals surface area contributed by atoms with Gasteiger partial charge in [0.1, 0.15) is 11.6 Å². The second kappa shape index (κ2) is 8.23. The van der Waals surface area contributed by atoms with Gasteiger partial charge in [-0.2, -0.15) is 9.29 Å². The van der Waals surface area contributed by atoms with E-state index in [1.807, 2.05) is 13.0 Å². The fourth-order valence-corrected chi connectivity index (χ4v) is 5.38. The summed E-state index contributed by atoms with van der Waals surface area (Å²) in [5.41, 5.74) is 1.38. The molecule has 0 saturated carbocycles. The number of halogens is 1. The molecule has 29 heavy (non-hydrogen) atoms. The van der Waals surface area contributed by atoms with Crippen LogP contribution in [0.5, 0.6) is 0 Å². The number of hydrogen-bond donors (Lipinski definition) is 0. The number of nitrogens with zero attached hydrogens (tertiary/aromatic N) is 5. The molecule has 0 bridgehead atoms. The number of hydrogen-bond acceptors (Lipinski definition) is 6. The van der Waals surface area contributed by atoms with Crippen molar-refractivity contribution in [3.8, 4) is 0 Å². The lowest BCUT2D eigenvalue weighted by molar-refractivity contribution is 0.383. The van der Waals surface area contributed by atoms with Crippen LogP contribution in [0.3, 0.4) is 0 Å². The van der Waals surface area contributed by atoms with Crippen molar-refractivity contribution < 1.29 is 12.8 Å². The Kier molecular flexibility index (Phi) is 5.69. The third-order valence-corrected chi connectivity index (χ3v) is 7.26. The first kappa shape index (κ1) is 20.0. The molecule has 2 fully saturated rings. The Hall–Kier alpha value is -2.26. The molecule has 0 spiro atoms. The maximum atomic E-state index is 13.4. The van der Waals surface area contributed by atoms with E-state index in [0.717, 1.165) is 43.4 Å². The van der Waals surface area contributed by atoms with Gasteiger partial charge in [0.15, 0.2) is 0 Å². The van der Waals surface area contributed by atoms with Crippen molar-refractivity contribution in [3.05, 3.63) is 47.4 Å². The van der Waals surface area contributed by atoms with E-state index >= 15 is 0 Å². The van der Waals surface area contributed by atoms with Gasteiger partial charge in [0, 0.05) is 51.0 Å². The minimum absolute atomic E-state index is 0.184. The van der Waals surface area contributed by atoms with E-state index in [1.54, 1.807) is 6.07 Å². The Labute approximate surface area is 171 Å². The van der Waals surface area contributed by atoms with Gasteiger partial charge in [-0.3, -0.25) is 0 Å². The van der Waals surface area contributed by atoms with Crippen molar-refractivity contribution in [2.24, 2.45) is 0 Å². The molecule has 0 amide bonds. The van der Waals surface area contributed by atoms with E-state index in [1.165, 1.54) is 22.5 Å². The molecule has 2 aliphatic rings. The van der Waals surface area contributed by atoms with Crippen molar-refractivity contribution in [1.29, 1.82) is 0 Å². The molecule has 156 valence electrons. The number of sulfonamides is 1. The number of benzene rings is 1. The standard InChI is InChI=1S/C20H26FN5O2S/c1-16-13-19(23-20(22-16)25-7-2-3-8-25)24-9-11-26(12-10-24)29(27,28)15-17-5-4-6-18(21)14-17/h4-6,13-14H,2-3,7-12,15H2,1H3. The van der Waals surface area contributed by atoms with Crippen LogP contribution in [-0.2, 0) is 15.8 Å². The van der Waals surface area contributed by atoms with Crippen LogP contribution in [0.4, 0.5) is 16.2 Å². The van der Waals surface area contributed by atoms with E-state index in [-0.39, 0.29) is 5.75 Å². The number of aryl methyl sites for hydroxylation is 1. The minimum Gasteiger partial charge on any atom is -0.354 e. The van der Waals surface area contributed by atoms with Gasteiger partial charge in [0.05, 0.1) is 5.75 Å². The summed E-state index contributed by atoms with van der Waals surface area (Å²) in [6.45, 7) is 5.84. The minimum atomic E-state index is -3.49. The van der Waals surface area contributed by atoms with E-state index in [9.17, 15) is 12.8 Å². The Bertz CT molecular complexity index is 971. The molecule has 2 saturated heterocycles. The van der Waals surface area contributed by atoms with Crippen LogP contribution in [0.15, 0.2) is 30.3 Å². The van der Waals surface area contributed by atoms with Crippen LogP contribution in [0.2, 0.25) is 0 Å². The summed E-state index contributed by atoms with van der Waals surface area (Å²) >= 11 is 0. The van der Waals surface area contributed by atoms with Gasteiger partial charge < -0.3 is 9.80 Å².